The third-order valence-corrected chi connectivity index (χ3v) is 4.76. The molecule has 0 saturated heterocycles. The molecule has 30 heavy (non-hydrogen) atoms. The molecular weight excluding hydrogens is 382 g/mol. The van der Waals surface area contributed by atoms with Crippen molar-refractivity contribution >= 4 is 28.5 Å². The van der Waals surface area contributed by atoms with Crippen LogP contribution < -0.4 is 5.32 Å². The molecule has 0 radical (unpaired) electrons. The van der Waals surface area contributed by atoms with Crippen LogP contribution in [0.4, 0.5) is 10.5 Å². The molecule has 0 spiro atoms. The third-order valence-electron chi connectivity index (χ3n) is 4.76. The van der Waals surface area contributed by atoms with Crippen molar-refractivity contribution in [3.05, 3.63) is 60.6 Å². The summed E-state index contributed by atoms with van der Waals surface area (Å²) in [5.74, 6) is 0.0215. The predicted molar refractivity (Wildman–Crippen MR) is 116 cm³/mol. The minimum Gasteiger partial charge on any atom is -0.383 e. The van der Waals surface area contributed by atoms with Gasteiger partial charge in [-0.05, 0) is 36.4 Å². The minimum absolute atomic E-state index is 0.0215. The van der Waals surface area contributed by atoms with Gasteiger partial charge in [0.05, 0.1) is 18.8 Å². The number of hydrogen-bond donors (Lipinski definition) is 1. The van der Waals surface area contributed by atoms with E-state index in [0.717, 1.165) is 16.6 Å². The predicted octanol–water partition coefficient (Wildman–Crippen LogP) is 2.81. The van der Waals surface area contributed by atoms with E-state index in [-0.39, 0.29) is 18.5 Å². The van der Waals surface area contributed by atoms with Crippen LogP contribution in [0.1, 0.15) is 5.69 Å². The number of amides is 3. The van der Waals surface area contributed by atoms with Gasteiger partial charge in [0.2, 0.25) is 5.91 Å². The van der Waals surface area contributed by atoms with Crippen molar-refractivity contribution in [1.82, 2.24) is 19.4 Å². The Morgan fingerprint density at radius 3 is 2.70 bits per heavy atom. The lowest BCUT2D eigenvalue weighted by molar-refractivity contribution is -0.129. The largest absolute Gasteiger partial charge is 0.383 e. The van der Waals surface area contributed by atoms with Gasteiger partial charge in [-0.2, -0.15) is 0 Å². The van der Waals surface area contributed by atoms with Crippen LogP contribution in [0.25, 0.3) is 10.9 Å². The number of nitrogens with zero attached hydrogens (tertiary/aromatic N) is 4. The molecule has 0 aliphatic rings. The maximum atomic E-state index is 12.9. The molecule has 0 aliphatic heterocycles. The molecule has 3 amide bonds. The van der Waals surface area contributed by atoms with Crippen LogP contribution >= 0.6 is 0 Å². The highest BCUT2D eigenvalue weighted by molar-refractivity contribution is 5.93. The number of carbonyl (C=O) groups excluding carboxylic acids is 2. The van der Waals surface area contributed by atoms with Crippen LogP contribution in [0.5, 0.6) is 0 Å². The molecule has 0 aliphatic carbocycles. The van der Waals surface area contributed by atoms with E-state index in [0.29, 0.717) is 25.4 Å². The van der Waals surface area contributed by atoms with E-state index in [4.69, 9.17) is 4.74 Å². The lowest BCUT2D eigenvalue weighted by Crippen LogP contribution is -2.37. The Morgan fingerprint density at radius 1 is 1.17 bits per heavy atom. The first kappa shape index (κ1) is 21.3. The number of urea groups is 1. The number of pyridine rings is 1. The van der Waals surface area contributed by atoms with Crippen LogP contribution in [0.2, 0.25) is 0 Å². The summed E-state index contributed by atoms with van der Waals surface area (Å²) >= 11 is 0. The maximum Gasteiger partial charge on any atom is 0.322 e. The van der Waals surface area contributed by atoms with E-state index < -0.39 is 0 Å². The van der Waals surface area contributed by atoms with Gasteiger partial charge in [-0.15, -0.1) is 0 Å². The summed E-state index contributed by atoms with van der Waals surface area (Å²) < 4.78 is 7.04. The fourth-order valence-corrected chi connectivity index (χ4v) is 3.05. The first-order valence-corrected chi connectivity index (χ1v) is 9.71. The zero-order valence-electron chi connectivity index (χ0n) is 17.5. The standard InChI is InChI=1S/C22H27N5O3/c1-25(2)21(28)16-26-11-9-17-14-18(7-8-20(17)26)24-22(29)27(12-13-30-3)15-19-6-4-5-10-23-19/h4-11,14H,12-13,15-16H2,1-3H3,(H,24,29). The molecule has 0 atom stereocenters. The van der Waals surface area contributed by atoms with Gasteiger partial charge in [-0.25, -0.2) is 4.79 Å². The molecule has 1 N–H and O–H groups in total. The summed E-state index contributed by atoms with van der Waals surface area (Å²) in [7, 11) is 5.08. The molecule has 3 aromatic rings. The van der Waals surface area contributed by atoms with E-state index in [1.165, 1.54) is 0 Å². The second-order valence-corrected chi connectivity index (χ2v) is 7.17. The molecule has 0 bridgehead atoms. The van der Waals surface area contributed by atoms with Crippen LogP contribution in [0, 0.1) is 0 Å². The number of methoxy groups -OCH3 is 1. The zero-order chi connectivity index (χ0) is 21.5. The Kier molecular flexibility index (Phi) is 7.03. The molecule has 0 unspecified atom stereocenters. The van der Waals surface area contributed by atoms with Crippen molar-refractivity contribution in [2.75, 3.05) is 39.7 Å². The van der Waals surface area contributed by atoms with Gasteiger partial charge in [0, 0.05) is 56.7 Å². The van der Waals surface area contributed by atoms with Crippen molar-refractivity contribution in [3.8, 4) is 0 Å². The van der Waals surface area contributed by atoms with Crippen molar-refractivity contribution in [1.29, 1.82) is 0 Å². The van der Waals surface area contributed by atoms with Crippen LogP contribution in [-0.4, -0.2) is 65.6 Å². The van der Waals surface area contributed by atoms with E-state index in [2.05, 4.69) is 10.3 Å². The highest BCUT2D eigenvalue weighted by atomic mass is 16.5. The third kappa shape index (κ3) is 5.36. The second kappa shape index (κ2) is 9.89. The quantitative estimate of drug-likeness (QED) is 0.620. The van der Waals surface area contributed by atoms with Crippen molar-refractivity contribution < 1.29 is 14.3 Å². The van der Waals surface area contributed by atoms with Crippen LogP contribution in [-0.2, 0) is 22.6 Å². The zero-order valence-corrected chi connectivity index (χ0v) is 17.5. The highest BCUT2D eigenvalue weighted by Crippen LogP contribution is 2.21. The number of benzene rings is 1. The summed E-state index contributed by atoms with van der Waals surface area (Å²) in [6, 6.07) is 13.0. The number of likely N-dealkylation sites (N-methyl/N-ethyl adjacent to an activating group) is 1. The van der Waals surface area contributed by atoms with Gasteiger partial charge in [0.25, 0.3) is 0 Å². The first-order valence-electron chi connectivity index (χ1n) is 9.71. The molecule has 8 nitrogen and oxygen atoms in total. The second-order valence-electron chi connectivity index (χ2n) is 7.17. The smallest absolute Gasteiger partial charge is 0.322 e. The Labute approximate surface area is 176 Å². The average Bonchev–Trinajstić information content (AvgIpc) is 3.13. The van der Waals surface area contributed by atoms with Gasteiger partial charge < -0.3 is 24.4 Å². The van der Waals surface area contributed by atoms with Gasteiger partial charge in [-0.1, -0.05) is 6.07 Å². The average molecular weight is 409 g/mol. The lowest BCUT2D eigenvalue weighted by atomic mass is 10.2. The molecule has 158 valence electrons. The normalized spacial score (nSPS) is 10.8. The van der Waals surface area contributed by atoms with Crippen molar-refractivity contribution in [3.63, 3.8) is 0 Å². The van der Waals surface area contributed by atoms with E-state index >= 15 is 0 Å². The maximum absolute atomic E-state index is 12.9. The number of aromatic nitrogens is 2. The molecule has 1 aromatic carbocycles. The Morgan fingerprint density at radius 2 is 2.00 bits per heavy atom. The molecule has 2 heterocycles. The molecule has 0 saturated carbocycles. The van der Waals surface area contributed by atoms with E-state index in [9.17, 15) is 9.59 Å². The number of anilines is 1. The van der Waals surface area contributed by atoms with Gasteiger partial charge in [0.15, 0.2) is 0 Å². The number of hydrogen-bond acceptors (Lipinski definition) is 4. The van der Waals surface area contributed by atoms with E-state index in [1.54, 1.807) is 37.2 Å². The van der Waals surface area contributed by atoms with Crippen LogP contribution in [0.15, 0.2) is 54.9 Å². The summed E-state index contributed by atoms with van der Waals surface area (Å²) in [5.41, 5.74) is 2.43. The molecule has 2 aromatic heterocycles. The number of nitrogens with one attached hydrogen (secondary N) is 1. The summed E-state index contributed by atoms with van der Waals surface area (Å²) in [6.07, 6.45) is 3.59. The van der Waals surface area contributed by atoms with E-state index in [1.807, 2.05) is 53.2 Å². The van der Waals surface area contributed by atoms with Crippen molar-refractivity contribution in [2.24, 2.45) is 0 Å². The molecular formula is C22H27N5O3. The molecule has 8 heteroatoms. The van der Waals surface area contributed by atoms with Crippen LogP contribution in [0.3, 0.4) is 0 Å². The monoisotopic (exact) mass is 409 g/mol. The first-order chi connectivity index (χ1) is 14.5. The Hall–Kier alpha value is -3.39. The highest BCUT2D eigenvalue weighted by Gasteiger charge is 2.15. The minimum atomic E-state index is -0.223. The number of carbonyl (C=O) groups is 2. The number of fused-ring (bicyclic) bond motifs is 1. The van der Waals surface area contributed by atoms with Gasteiger partial charge >= 0.3 is 6.03 Å². The Bertz CT molecular complexity index is 1000. The van der Waals surface area contributed by atoms with Gasteiger partial charge in [0.1, 0.15) is 6.54 Å². The fraction of sp³-hybridized carbons (Fsp3) is 0.318. The summed E-state index contributed by atoms with van der Waals surface area (Å²) in [5, 5.41) is 3.90. The fourth-order valence-electron chi connectivity index (χ4n) is 3.05. The van der Waals surface area contributed by atoms with Gasteiger partial charge in [-0.3, -0.25) is 9.78 Å². The lowest BCUT2D eigenvalue weighted by Gasteiger charge is -2.22. The summed E-state index contributed by atoms with van der Waals surface area (Å²) in [4.78, 5) is 32.4. The Balaban J connectivity index is 1.72. The topological polar surface area (TPSA) is 79.7 Å². The number of rotatable bonds is 8. The summed E-state index contributed by atoms with van der Waals surface area (Å²) in [6.45, 7) is 1.55. The number of ether oxygens (including phenoxy) is 1. The molecule has 0 fully saturated rings. The van der Waals surface area contributed by atoms with Crippen molar-refractivity contribution in [2.45, 2.75) is 13.1 Å². The molecule has 3 rings (SSSR count). The SMILES string of the molecule is COCCN(Cc1ccccn1)C(=O)Nc1ccc2c(ccn2CC(=O)N(C)C)c1.